The van der Waals surface area contributed by atoms with Crippen molar-refractivity contribution < 1.29 is 56.2 Å². The van der Waals surface area contributed by atoms with Crippen LogP contribution >= 0.6 is 0 Å². The number of hydrogen-bond donors (Lipinski definition) is 4. The summed E-state index contributed by atoms with van der Waals surface area (Å²) in [5, 5.41) is 30.7. The van der Waals surface area contributed by atoms with Gasteiger partial charge in [-0.3, -0.25) is 9.35 Å². The van der Waals surface area contributed by atoms with Gasteiger partial charge in [-0.1, -0.05) is 142 Å². The first kappa shape index (κ1) is 58.5. The van der Waals surface area contributed by atoms with Crippen LogP contribution in [0.15, 0.2) is 122 Å². The van der Waals surface area contributed by atoms with E-state index in [9.17, 15) is 28.5 Å². The largest absolute Gasteiger partial charge is 0.457 e. The number of carbonyl (C=O) groups is 1. The summed E-state index contributed by atoms with van der Waals surface area (Å²) in [5.74, 6) is -0.451. The van der Waals surface area contributed by atoms with E-state index in [0.29, 0.717) is 13.0 Å². The van der Waals surface area contributed by atoms with Gasteiger partial charge in [0.05, 0.1) is 19.8 Å². The molecule has 0 aromatic rings. The van der Waals surface area contributed by atoms with E-state index in [-0.39, 0.29) is 19.6 Å². The summed E-state index contributed by atoms with van der Waals surface area (Å²) in [6.45, 7) is 3.57. The third-order valence-electron chi connectivity index (χ3n) is 9.58. The first-order valence-corrected chi connectivity index (χ1v) is 24.7. The lowest BCUT2D eigenvalue weighted by Gasteiger charge is -2.41. The van der Waals surface area contributed by atoms with Gasteiger partial charge in [-0.05, 0) is 103 Å². The molecular weight excluding hydrogens is 837 g/mol. The van der Waals surface area contributed by atoms with Gasteiger partial charge in [-0.15, -0.1) is 0 Å². The minimum atomic E-state index is -5.08. The second-order valence-electron chi connectivity index (χ2n) is 15.2. The van der Waals surface area contributed by atoms with E-state index in [1.165, 1.54) is 0 Å². The SMILES string of the molecule is CC/C=C\C/C=C\C/C=C\C/C=C\C/C=C\C/C=C\C/C=C\CCCCOCC(COC1OC(CO)C(O)C(OS(=O)(=O)O)C1O)OC(=O)CCCCC/C=C\C/C=C\C/C=C\CC. The van der Waals surface area contributed by atoms with Crippen LogP contribution < -0.4 is 0 Å². The summed E-state index contributed by atoms with van der Waals surface area (Å²) in [6, 6.07) is 0. The number of allylic oxidation sites excluding steroid dienone is 20. The predicted octanol–water partition coefficient (Wildman–Crippen LogP) is 10.2. The van der Waals surface area contributed by atoms with Crippen molar-refractivity contribution in [3.63, 3.8) is 0 Å². The average molecular weight is 917 g/mol. The van der Waals surface area contributed by atoms with E-state index in [1.54, 1.807) is 0 Å². The van der Waals surface area contributed by atoms with Gasteiger partial charge in [-0.25, -0.2) is 4.18 Å². The van der Waals surface area contributed by atoms with Gasteiger partial charge in [0.15, 0.2) is 6.29 Å². The Morgan fingerprint density at radius 2 is 1.03 bits per heavy atom. The lowest BCUT2D eigenvalue weighted by atomic mass is 9.99. The Labute approximate surface area is 385 Å². The number of unbranched alkanes of at least 4 members (excludes halogenated alkanes) is 5. The predicted molar refractivity (Wildman–Crippen MR) is 257 cm³/mol. The van der Waals surface area contributed by atoms with Gasteiger partial charge in [0.1, 0.15) is 30.5 Å². The molecule has 6 unspecified atom stereocenters. The fourth-order valence-corrected chi connectivity index (χ4v) is 6.64. The zero-order valence-corrected chi connectivity index (χ0v) is 39.3. The van der Waals surface area contributed by atoms with Gasteiger partial charge in [0.2, 0.25) is 0 Å². The maximum atomic E-state index is 12.8. The lowest BCUT2D eigenvalue weighted by Crippen LogP contribution is -2.60. The second-order valence-corrected chi connectivity index (χ2v) is 16.3. The number of aliphatic hydroxyl groups excluding tert-OH is 3. The first-order chi connectivity index (χ1) is 31.1. The highest BCUT2D eigenvalue weighted by molar-refractivity contribution is 7.80. The van der Waals surface area contributed by atoms with E-state index < -0.39 is 59.8 Å². The highest BCUT2D eigenvalue weighted by Crippen LogP contribution is 2.26. The molecule has 6 atom stereocenters. The summed E-state index contributed by atoms with van der Waals surface area (Å²) >= 11 is 0. The Balaban J connectivity index is 2.46. The standard InChI is InChI=1S/C51H80O12S/c1-3-5-7-9-11-13-15-17-18-19-20-21-22-23-24-25-26-27-29-31-33-35-37-39-41-59-43-45(44-60-51-49(55)50(63-64(56,57)58)48(54)46(42-52)62-51)61-47(53)40-38-36-34-32-30-28-16-14-12-10-8-6-4-2/h5-8,11-14,17-18,20-21,23-24,26-28,30-31,33,45-46,48-52,54-55H,3-4,9-10,15-16,19,22,25,29,32,34-44H2,1-2H3,(H,56,57,58)/b7-5-,8-6-,13-11-,14-12-,18-17-,21-20-,24-23-,27-26-,30-28-,33-31-. The van der Waals surface area contributed by atoms with Crippen LogP contribution in [0.3, 0.4) is 0 Å². The minimum Gasteiger partial charge on any atom is -0.457 e. The van der Waals surface area contributed by atoms with Gasteiger partial charge in [-0.2, -0.15) is 8.42 Å². The van der Waals surface area contributed by atoms with Gasteiger partial charge in [0.25, 0.3) is 0 Å². The fourth-order valence-electron chi connectivity index (χ4n) is 6.13. The molecule has 1 aliphatic heterocycles. The molecule has 0 amide bonds. The summed E-state index contributed by atoms with van der Waals surface area (Å²) < 4.78 is 59.0. The number of aliphatic hydroxyl groups is 3. The fraction of sp³-hybridized carbons (Fsp3) is 0.588. The van der Waals surface area contributed by atoms with Crippen LogP contribution in [0.4, 0.5) is 0 Å². The number of esters is 1. The highest BCUT2D eigenvalue weighted by atomic mass is 32.3. The maximum absolute atomic E-state index is 12.8. The molecule has 1 rings (SSSR count). The Morgan fingerprint density at radius 3 is 1.47 bits per heavy atom. The van der Waals surface area contributed by atoms with E-state index in [2.05, 4.69) is 140 Å². The van der Waals surface area contributed by atoms with E-state index >= 15 is 0 Å². The van der Waals surface area contributed by atoms with E-state index in [1.807, 2.05) is 0 Å². The highest BCUT2D eigenvalue weighted by Gasteiger charge is 2.48. The molecule has 13 heteroatoms. The van der Waals surface area contributed by atoms with Crippen molar-refractivity contribution in [3.8, 4) is 0 Å². The van der Waals surface area contributed by atoms with Crippen molar-refractivity contribution in [2.45, 2.75) is 166 Å². The Morgan fingerprint density at radius 1 is 0.594 bits per heavy atom. The monoisotopic (exact) mass is 917 g/mol. The zero-order valence-electron chi connectivity index (χ0n) is 38.5. The van der Waals surface area contributed by atoms with Crippen LogP contribution in [-0.4, -0.2) is 97.5 Å². The first-order valence-electron chi connectivity index (χ1n) is 23.3. The van der Waals surface area contributed by atoms with Crippen molar-refractivity contribution in [3.05, 3.63) is 122 Å². The normalized spacial score (nSPS) is 20.9. The molecule has 64 heavy (non-hydrogen) atoms. The topological polar surface area (TPSA) is 178 Å². The van der Waals surface area contributed by atoms with E-state index in [0.717, 1.165) is 103 Å². The van der Waals surface area contributed by atoms with Gasteiger partial charge < -0.3 is 34.3 Å². The third kappa shape index (κ3) is 33.9. The average Bonchev–Trinajstić information content (AvgIpc) is 3.27. The number of carbonyl (C=O) groups excluding carboxylic acids is 1. The lowest BCUT2D eigenvalue weighted by molar-refractivity contribution is -0.301. The summed E-state index contributed by atoms with van der Waals surface area (Å²) in [5.41, 5.74) is 0. The third-order valence-corrected chi connectivity index (χ3v) is 10.0. The molecule has 1 fully saturated rings. The van der Waals surface area contributed by atoms with Crippen molar-refractivity contribution in [2.24, 2.45) is 0 Å². The second kappa shape index (κ2) is 41.0. The maximum Gasteiger partial charge on any atom is 0.397 e. The number of hydrogen-bond acceptors (Lipinski definition) is 11. The van der Waals surface area contributed by atoms with Crippen LogP contribution in [0.5, 0.6) is 0 Å². The Bertz CT molecular complexity index is 1570. The van der Waals surface area contributed by atoms with Crippen LogP contribution in [-0.2, 0) is 38.3 Å². The Kier molecular flexibility index (Phi) is 37.5. The molecule has 12 nitrogen and oxygen atoms in total. The quantitative estimate of drug-likeness (QED) is 0.0200. The molecule has 0 aliphatic carbocycles. The van der Waals surface area contributed by atoms with Crippen molar-refractivity contribution in [2.75, 3.05) is 26.4 Å². The Hall–Kier alpha value is -3.50. The molecule has 4 N–H and O–H groups in total. The molecule has 0 aromatic carbocycles. The summed E-state index contributed by atoms with van der Waals surface area (Å²) in [4.78, 5) is 12.8. The van der Waals surface area contributed by atoms with Crippen LogP contribution in [0.25, 0.3) is 0 Å². The molecule has 362 valence electrons. The van der Waals surface area contributed by atoms with Crippen LogP contribution in [0, 0.1) is 0 Å². The van der Waals surface area contributed by atoms with Crippen molar-refractivity contribution >= 4 is 16.4 Å². The molecule has 1 heterocycles. The number of ether oxygens (including phenoxy) is 4. The molecule has 0 radical (unpaired) electrons. The molecule has 1 aliphatic rings. The van der Waals surface area contributed by atoms with E-state index in [4.69, 9.17) is 23.5 Å². The molecule has 0 aromatic heterocycles. The van der Waals surface area contributed by atoms with Crippen LogP contribution in [0.2, 0.25) is 0 Å². The summed E-state index contributed by atoms with van der Waals surface area (Å²) in [7, 11) is -5.08. The molecule has 0 bridgehead atoms. The van der Waals surface area contributed by atoms with Gasteiger partial charge in [0, 0.05) is 13.0 Å². The molecular formula is C51H80O12S. The number of rotatable bonds is 38. The van der Waals surface area contributed by atoms with Crippen molar-refractivity contribution in [1.29, 1.82) is 0 Å². The molecule has 0 saturated carbocycles. The van der Waals surface area contributed by atoms with Crippen LogP contribution in [0.1, 0.15) is 129 Å². The van der Waals surface area contributed by atoms with Crippen molar-refractivity contribution in [1.82, 2.24) is 0 Å². The molecule has 1 saturated heterocycles. The minimum absolute atomic E-state index is 0.0157. The van der Waals surface area contributed by atoms with Gasteiger partial charge >= 0.3 is 16.4 Å². The smallest absolute Gasteiger partial charge is 0.397 e. The zero-order chi connectivity index (χ0) is 46.8. The molecule has 0 spiro atoms. The summed E-state index contributed by atoms with van der Waals surface area (Å²) in [6.07, 6.45) is 49.6.